The van der Waals surface area contributed by atoms with Crippen molar-refractivity contribution in [1.29, 1.82) is 0 Å². The van der Waals surface area contributed by atoms with Crippen molar-refractivity contribution in [2.24, 2.45) is 11.8 Å². The Morgan fingerprint density at radius 3 is 2.52 bits per heavy atom. The smallest absolute Gasteiger partial charge is 0.333 e. The van der Waals surface area contributed by atoms with E-state index >= 15 is 0 Å². The average Bonchev–Trinajstić information content (AvgIpc) is 3.73. The maximum atomic E-state index is 14.3. The normalized spacial score (nSPS) is 24.1. The van der Waals surface area contributed by atoms with Crippen molar-refractivity contribution in [2.75, 3.05) is 7.11 Å². The monoisotopic (exact) mass is 623 g/mol. The van der Waals surface area contributed by atoms with Crippen LogP contribution >= 0.6 is 11.3 Å². The molecule has 3 heterocycles. The second-order valence-corrected chi connectivity index (χ2v) is 13.9. The van der Waals surface area contributed by atoms with Crippen molar-refractivity contribution >= 4 is 27.5 Å². The second-order valence-electron chi connectivity index (χ2n) is 12.9. The van der Waals surface area contributed by atoms with E-state index in [1.54, 1.807) is 14.0 Å². The molecular weight excluding hydrogens is 586 g/mol. The Balaban J connectivity index is 1.51. The minimum Gasteiger partial charge on any atom is -0.496 e. The molecule has 4 unspecified atom stereocenters. The average molecular weight is 624 g/mol. The van der Waals surface area contributed by atoms with E-state index in [-0.39, 0.29) is 18.0 Å². The van der Waals surface area contributed by atoms with Crippen LogP contribution in [-0.4, -0.2) is 49.1 Å². The van der Waals surface area contributed by atoms with Crippen molar-refractivity contribution in [3.05, 3.63) is 68.7 Å². The molecule has 0 amide bonds. The number of para-hydroxylation sites is 1. The first-order valence-corrected chi connectivity index (χ1v) is 15.6. The highest BCUT2D eigenvalue weighted by Gasteiger charge is 2.47. The number of benzene rings is 1. The van der Waals surface area contributed by atoms with E-state index < -0.39 is 34.5 Å². The number of carboxylic acid groups (broad SMARTS) is 1. The largest absolute Gasteiger partial charge is 0.496 e. The third-order valence-electron chi connectivity index (χ3n) is 9.31. The molecule has 3 aromatic heterocycles. The molecule has 11 nitrogen and oxygen atoms in total. The van der Waals surface area contributed by atoms with E-state index in [2.05, 4.69) is 4.98 Å². The lowest BCUT2D eigenvalue weighted by atomic mass is 10.00. The number of aryl methyl sites for hydroxylation is 1. The van der Waals surface area contributed by atoms with Gasteiger partial charge in [-0.1, -0.05) is 18.2 Å². The summed E-state index contributed by atoms with van der Waals surface area (Å²) in [6.45, 7) is 6.31. The highest BCUT2D eigenvalue weighted by molar-refractivity contribution is 7.22. The van der Waals surface area contributed by atoms with Gasteiger partial charge < -0.3 is 24.1 Å². The van der Waals surface area contributed by atoms with Crippen molar-refractivity contribution in [3.63, 3.8) is 0 Å². The number of carboxylic acids is 1. The first kappa shape index (κ1) is 30.3. The Labute approximate surface area is 257 Å². The first-order chi connectivity index (χ1) is 20.8. The number of hydrogen-bond acceptors (Lipinski definition) is 9. The molecule has 6 rings (SSSR count). The number of methoxy groups -OCH3 is 1. The lowest BCUT2D eigenvalue weighted by molar-refractivity contribution is -0.146. The molecular formula is C32H37N3O8S. The van der Waals surface area contributed by atoms with Gasteiger partial charge in [0.25, 0.3) is 5.56 Å². The molecule has 0 radical (unpaired) electrons. The van der Waals surface area contributed by atoms with Crippen molar-refractivity contribution in [1.82, 2.24) is 14.1 Å². The van der Waals surface area contributed by atoms with Crippen molar-refractivity contribution in [3.8, 4) is 16.5 Å². The molecule has 2 N–H and O–H groups in total. The van der Waals surface area contributed by atoms with Gasteiger partial charge in [-0.25, -0.2) is 19.1 Å². The van der Waals surface area contributed by atoms with Gasteiger partial charge >= 0.3 is 11.7 Å². The summed E-state index contributed by atoms with van der Waals surface area (Å²) < 4.78 is 20.3. The number of nitrogens with zero attached hydrogens (tertiary/aromatic N) is 3. The molecule has 1 aromatic carbocycles. The van der Waals surface area contributed by atoms with Crippen LogP contribution in [-0.2, 0) is 21.6 Å². The fourth-order valence-corrected chi connectivity index (χ4v) is 8.40. The third kappa shape index (κ3) is 5.08. The molecule has 0 spiro atoms. The molecule has 2 saturated carbocycles. The van der Waals surface area contributed by atoms with E-state index in [0.717, 1.165) is 35.8 Å². The Bertz CT molecular complexity index is 1820. The summed E-state index contributed by atoms with van der Waals surface area (Å²) in [5, 5.41) is 20.9. The summed E-state index contributed by atoms with van der Waals surface area (Å²) in [5.41, 5.74) is -2.66. The number of fused-ring (bicyclic) bond motifs is 2. The van der Waals surface area contributed by atoms with Crippen LogP contribution in [0, 0.1) is 18.8 Å². The van der Waals surface area contributed by atoms with Gasteiger partial charge in [-0.3, -0.25) is 9.36 Å². The molecule has 4 aromatic rings. The zero-order valence-electron chi connectivity index (χ0n) is 25.4. The number of aliphatic carboxylic acids is 1. The lowest BCUT2D eigenvalue weighted by Crippen LogP contribution is -2.52. The molecule has 234 valence electrons. The van der Waals surface area contributed by atoms with E-state index in [9.17, 15) is 24.6 Å². The van der Waals surface area contributed by atoms with Gasteiger partial charge in [-0.2, -0.15) is 0 Å². The molecule has 44 heavy (non-hydrogen) atoms. The van der Waals surface area contributed by atoms with Crippen LogP contribution in [0.15, 0.2) is 50.7 Å². The van der Waals surface area contributed by atoms with Gasteiger partial charge in [0.2, 0.25) is 5.89 Å². The quantitative estimate of drug-likeness (QED) is 0.271. The van der Waals surface area contributed by atoms with E-state index in [1.807, 2.05) is 31.2 Å². The number of carbonyl (C=O) groups is 1. The fraction of sp³-hybridized carbons (Fsp3) is 0.500. The number of aliphatic hydroxyl groups is 1. The van der Waals surface area contributed by atoms with Crippen molar-refractivity contribution < 1.29 is 28.9 Å². The SMILES string of the molecule is COc1ccccc1C(Cn1c(=O)n(C(C)(C)C(=O)O)c(=O)c2c(C)c(-c3ncco3)sc21)OC1CC2CC(C)(O)C[C@H]2C1. The minimum atomic E-state index is -1.83. The number of aromatic nitrogens is 3. The first-order valence-electron chi connectivity index (χ1n) is 14.8. The van der Waals surface area contributed by atoms with Crippen LogP contribution in [0.5, 0.6) is 5.75 Å². The molecule has 12 heteroatoms. The molecule has 5 atom stereocenters. The van der Waals surface area contributed by atoms with Crippen LogP contribution in [0.2, 0.25) is 0 Å². The summed E-state index contributed by atoms with van der Waals surface area (Å²) in [4.78, 5) is 45.8. The minimum absolute atomic E-state index is 0.000209. The predicted molar refractivity (Wildman–Crippen MR) is 164 cm³/mol. The summed E-state index contributed by atoms with van der Waals surface area (Å²) in [7, 11) is 1.57. The van der Waals surface area contributed by atoms with E-state index in [1.165, 1.54) is 42.2 Å². The predicted octanol–water partition coefficient (Wildman–Crippen LogP) is 4.71. The molecule has 0 saturated heterocycles. The maximum absolute atomic E-state index is 14.3. The number of ether oxygens (including phenoxy) is 2. The second kappa shape index (κ2) is 11.0. The molecule has 0 aliphatic heterocycles. The van der Waals surface area contributed by atoms with Crippen LogP contribution < -0.4 is 16.0 Å². The lowest BCUT2D eigenvalue weighted by Gasteiger charge is -2.28. The van der Waals surface area contributed by atoms with Crippen LogP contribution in [0.4, 0.5) is 0 Å². The summed E-state index contributed by atoms with van der Waals surface area (Å²) in [5.74, 6) is 0.282. The van der Waals surface area contributed by atoms with E-state index in [4.69, 9.17) is 13.9 Å². The standard InChI is InChI=1S/C32H37N3O8S/c1-17-24-27(36)35(31(2,3)29(37)38)30(39)34(28(24)44-25(17)26-33-10-11-42-26)16-23(21-8-6-7-9-22(21)41-5)43-20-12-18-14-32(4,40)15-19(18)13-20/h6-11,18-20,23,40H,12-16H2,1-5H3,(H,37,38)/t18-,19?,20?,23?,32?/m1/s1. The molecule has 2 fully saturated rings. The Morgan fingerprint density at radius 2 is 1.91 bits per heavy atom. The molecule has 0 bridgehead atoms. The fourth-order valence-electron chi connectivity index (χ4n) is 7.16. The Kier molecular flexibility index (Phi) is 7.58. The van der Waals surface area contributed by atoms with Gasteiger partial charge in [-0.15, -0.1) is 11.3 Å². The summed E-state index contributed by atoms with van der Waals surface area (Å²) in [6, 6.07) is 7.45. The highest BCUT2D eigenvalue weighted by Crippen LogP contribution is 2.50. The third-order valence-corrected chi connectivity index (χ3v) is 10.6. The zero-order chi connectivity index (χ0) is 31.6. The topological polar surface area (TPSA) is 146 Å². The molecule has 2 aliphatic rings. The zero-order valence-corrected chi connectivity index (χ0v) is 26.2. The van der Waals surface area contributed by atoms with Gasteiger partial charge in [0.15, 0.2) is 0 Å². The van der Waals surface area contributed by atoms with Gasteiger partial charge in [-0.05, 0) is 76.8 Å². The van der Waals surface area contributed by atoms with Crippen LogP contribution in [0.3, 0.4) is 0 Å². The van der Waals surface area contributed by atoms with Crippen LogP contribution in [0.25, 0.3) is 21.0 Å². The highest BCUT2D eigenvalue weighted by atomic mass is 32.1. The van der Waals surface area contributed by atoms with Gasteiger partial charge in [0, 0.05) is 5.56 Å². The number of thiophene rings is 1. The number of oxazole rings is 1. The van der Waals surface area contributed by atoms with E-state index in [0.29, 0.717) is 38.7 Å². The van der Waals surface area contributed by atoms with Gasteiger partial charge in [0.1, 0.15) is 28.5 Å². The van der Waals surface area contributed by atoms with Gasteiger partial charge in [0.05, 0.1) is 41.8 Å². The summed E-state index contributed by atoms with van der Waals surface area (Å²) in [6.07, 6.45) is 5.18. The number of rotatable bonds is 9. The summed E-state index contributed by atoms with van der Waals surface area (Å²) >= 11 is 1.20. The Hall–Kier alpha value is -3.74. The van der Waals surface area contributed by atoms with Crippen LogP contribution in [0.1, 0.15) is 63.7 Å². The Morgan fingerprint density at radius 1 is 1.23 bits per heavy atom. The maximum Gasteiger partial charge on any atom is 0.333 e. The molecule has 2 aliphatic carbocycles. The van der Waals surface area contributed by atoms with Crippen molar-refractivity contribution in [2.45, 2.75) is 83.3 Å². The number of hydrogen-bond donors (Lipinski definition) is 2.